The molecular formula is C56H61N8O10P. The maximum atomic E-state index is 15.7. The minimum Gasteiger partial charge on any atom is -0.444 e. The summed E-state index contributed by atoms with van der Waals surface area (Å²) in [6.45, 7) is 0.800. The highest BCUT2D eigenvalue weighted by Gasteiger charge is 2.41. The Morgan fingerprint density at radius 1 is 0.787 bits per heavy atom. The molecule has 1 saturated heterocycles. The van der Waals surface area contributed by atoms with E-state index in [2.05, 4.69) is 27.0 Å². The van der Waals surface area contributed by atoms with E-state index in [9.17, 15) is 34.0 Å². The molecule has 0 radical (unpaired) electrons. The van der Waals surface area contributed by atoms with Gasteiger partial charge in [-0.1, -0.05) is 152 Å². The van der Waals surface area contributed by atoms with Gasteiger partial charge in [0, 0.05) is 13.1 Å². The molecular weight excluding hydrogens is 976 g/mol. The van der Waals surface area contributed by atoms with Gasteiger partial charge in [-0.2, -0.15) is 5.26 Å². The fourth-order valence-corrected chi connectivity index (χ4v) is 12.7. The second-order valence-electron chi connectivity index (χ2n) is 18.3. The fraction of sp³-hybridized carbons (Fsp3) is 0.286. The first-order chi connectivity index (χ1) is 36.2. The van der Waals surface area contributed by atoms with Crippen molar-refractivity contribution >= 4 is 76.3 Å². The van der Waals surface area contributed by atoms with Gasteiger partial charge in [-0.3, -0.25) is 19.2 Å². The number of rotatable bonds is 20. The predicted molar refractivity (Wildman–Crippen MR) is 285 cm³/mol. The van der Waals surface area contributed by atoms with Crippen LogP contribution in [0, 0.1) is 11.3 Å². The van der Waals surface area contributed by atoms with Crippen molar-refractivity contribution in [1.82, 2.24) is 25.8 Å². The number of hydrogen-bond acceptors (Lipinski definition) is 11. The number of benzene rings is 5. The minimum atomic E-state index is -3.36. The molecule has 5 aromatic rings. The molecule has 0 unspecified atom stereocenters. The summed E-state index contributed by atoms with van der Waals surface area (Å²) in [7, 11) is 0. The number of nitrogens with two attached hydrogens (primary N) is 1. The van der Waals surface area contributed by atoms with Crippen LogP contribution in [0.2, 0.25) is 0 Å². The van der Waals surface area contributed by atoms with E-state index in [0.29, 0.717) is 39.9 Å². The van der Waals surface area contributed by atoms with Crippen molar-refractivity contribution in [1.29, 1.82) is 5.26 Å². The third kappa shape index (κ3) is 15.0. The first kappa shape index (κ1) is 55.8. The number of nitrogens with zero attached hydrogens (tertiary/aromatic N) is 4. The van der Waals surface area contributed by atoms with Gasteiger partial charge in [0.05, 0.1) is 12.6 Å². The molecule has 390 valence electrons. The number of amides is 6. The zero-order valence-corrected chi connectivity index (χ0v) is 42.9. The number of ketones is 1. The van der Waals surface area contributed by atoms with Crippen LogP contribution in [0.15, 0.2) is 157 Å². The standard InChI is InChI=1S/C56H61N8O10P/c1-56(2,3)74-53(69)59-36-46(60-39-65)51(68)63-33-20-32-47(63)50(67)61-45(49(66)48(35-57)75(42-25-13-6-14-26-42,43-27-15-7-16-28-43)44-29-17-8-18-30-44)31-19-34-64(55(71)73-38-41-23-11-5-12-24-41)52(58)62-54(70)72-37-40-21-9-4-10-22-40/h4-18,21-30,39,45-47H,19-20,31-34,36-38H2,1-3H3,(H,59,69)(H,60,65)(H,61,67)(H2,58,62,70)/t45-,46-,47-/m0/s1. The van der Waals surface area contributed by atoms with Crippen molar-refractivity contribution in [3.63, 3.8) is 0 Å². The molecule has 0 bridgehead atoms. The summed E-state index contributed by atoms with van der Waals surface area (Å²) >= 11 is 0. The molecule has 0 spiro atoms. The number of aliphatic imine (C=N–C) groups is 1. The molecule has 19 heteroatoms. The highest BCUT2D eigenvalue weighted by Crippen LogP contribution is 2.46. The number of likely N-dealkylation sites (tertiary alicyclic amines) is 1. The van der Waals surface area contributed by atoms with E-state index < -0.39 is 72.4 Å². The van der Waals surface area contributed by atoms with Gasteiger partial charge >= 0.3 is 18.3 Å². The Labute approximate surface area is 436 Å². The maximum Gasteiger partial charge on any atom is 0.437 e. The van der Waals surface area contributed by atoms with Crippen LogP contribution in [0.4, 0.5) is 14.4 Å². The Bertz CT molecular complexity index is 2790. The number of Topliss-reactive ketones (excluding diaryl/α,β-unsaturated/α-hetero) is 1. The Morgan fingerprint density at radius 2 is 1.29 bits per heavy atom. The Hall–Kier alpha value is -8.55. The van der Waals surface area contributed by atoms with Crippen LogP contribution >= 0.6 is 6.89 Å². The van der Waals surface area contributed by atoms with Crippen LogP contribution in [0.25, 0.3) is 0 Å². The highest BCUT2D eigenvalue weighted by molar-refractivity contribution is 7.97. The van der Waals surface area contributed by atoms with Gasteiger partial charge in [-0.15, -0.1) is 4.99 Å². The van der Waals surface area contributed by atoms with Gasteiger partial charge < -0.3 is 40.8 Å². The first-order valence-electron chi connectivity index (χ1n) is 24.3. The SMILES string of the molecule is CC(C)(C)OC(=O)NC[C@H](NC=O)C(=O)N1CCC[C@H]1C(=O)N[C@@H](CCCN(C(=O)OCc1ccccc1)/C(N)=N\C(=O)OCc1ccccc1)C(=O)C(C#N)=P(c1ccccc1)(c1ccccc1)c1ccccc1. The normalized spacial score (nSPS) is 14.2. The Morgan fingerprint density at radius 3 is 1.79 bits per heavy atom. The summed E-state index contributed by atoms with van der Waals surface area (Å²) in [6.07, 6.45) is -2.33. The van der Waals surface area contributed by atoms with Gasteiger partial charge in [0.25, 0.3) is 0 Å². The molecule has 5 aromatic carbocycles. The van der Waals surface area contributed by atoms with Gasteiger partial charge in [0.2, 0.25) is 24.2 Å². The van der Waals surface area contributed by atoms with E-state index >= 15 is 4.79 Å². The number of guanidine groups is 1. The van der Waals surface area contributed by atoms with Crippen LogP contribution in [-0.4, -0.2) is 107 Å². The quantitative estimate of drug-likeness (QED) is 0.0250. The molecule has 75 heavy (non-hydrogen) atoms. The number of nitriles is 1. The topological polar surface area (TPSA) is 252 Å². The number of nitrogens with one attached hydrogen (secondary N) is 3. The average molecular weight is 1040 g/mol. The van der Waals surface area contributed by atoms with E-state index in [1.165, 1.54) is 4.90 Å². The molecule has 0 aromatic heterocycles. The second kappa shape index (κ2) is 26.9. The van der Waals surface area contributed by atoms with Gasteiger partial charge in [-0.25, -0.2) is 19.3 Å². The molecule has 1 fully saturated rings. The third-order valence-electron chi connectivity index (χ3n) is 12.0. The summed E-state index contributed by atoms with van der Waals surface area (Å²) < 4.78 is 16.3. The van der Waals surface area contributed by atoms with E-state index in [-0.39, 0.29) is 57.4 Å². The van der Waals surface area contributed by atoms with Crippen molar-refractivity contribution in [2.24, 2.45) is 10.7 Å². The highest BCUT2D eigenvalue weighted by atomic mass is 31.2. The number of ether oxygens (including phenoxy) is 3. The molecule has 0 saturated carbocycles. The Kier molecular flexibility index (Phi) is 20.0. The smallest absolute Gasteiger partial charge is 0.437 e. The molecule has 0 aliphatic carbocycles. The summed E-state index contributed by atoms with van der Waals surface area (Å²) in [4.78, 5) is 102. The van der Waals surface area contributed by atoms with E-state index in [1.54, 1.807) is 75.4 Å². The molecule has 6 rings (SSSR count). The third-order valence-corrected chi connectivity index (χ3v) is 16.2. The lowest BCUT2D eigenvalue weighted by Crippen LogP contribution is -2.57. The van der Waals surface area contributed by atoms with Gasteiger partial charge in [-0.05, 0) is 80.4 Å². The van der Waals surface area contributed by atoms with Crippen LogP contribution in [-0.2, 0) is 46.6 Å². The summed E-state index contributed by atoms with van der Waals surface area (Å²) in [5.41, 5.74) is 6.87. The number of hydrogen-bond donors (Lipinski definition) is 4. The Balaban J connectivity index is 1.38. The summed E-state index contributed by atoms with van der Waals surface area (Å²) in [6, 6.07) is 43.7. The second-order valence-corrected chi connectivity index (χ2v) is 21.7. The summed E-state index contributed by atoms with van der Waals surface area (Å²) in [5, 5.41) is 21.2. The van der Waals surface area contributed by atoms with Crippen molar-refractivity contribution in [3.05, 3.63) is 163 Å². The minimum absolute atomic E-state index is 0.0897. The largest absolute Gasteiger partial charge is 0.444 e. The lowest BCUT2D eigenvalue weighted by atomic mass is 10.0. The lowest BCUT2D eigenvalue weighted by molar-refractivity contribution is -0.141. The molecule has 5 N–H and O–H groups in total. The van der Waals surface area contributed by atoms with Crippen LogP contribution < -0.4 is 37.6 Å². The summed E-state index contributed by atoms with van der Waals surface area (Å²) in [5.74, 6) is -2.69. The van der Waals surface area contributed by atoms with Gasteiger partial charge in [0.1, 0.15) is 42.3 Å². The van der Waals surface area contributed by atoms with Gasteiger partial charge in [0.15, 0.2) is 5.78 Å². The molecule has 6 amide bonds. The zero-order chi connectivity index (χ0) is 53.8. The molecule has 18 nitrogen and oxygen atoms in total. The zero-order valence-electron chi connectivity index (χ0n) is 42.0. The number of carbonyl (C=O) groups excluding carboxylic acids is 7. The lowest BCUT2D eigenvalue weighted by Gasteiger charge is -2.32. The fourth-order valence-electron chi connectivity index (χ4n) is 8.54. The maximum absolute atomic E-state index is 15.7. The van der Waals surface area contributed by atoms with E-state index in [1.807, 2.05) is 97.1 Å². The molecule has 1 aliphatic heterocycles. The van der Waals surface area contributed by atoms with E-state index in [4.69, 9.17) is 19.9 Å². The van der Waals surface area contributed by atoms with Crippen molar-refractivity contribution in [3.8, 4) is 6.07 Å². The monoisotopic (exact) mass is 1040 g/mol. The van der Waals surface area contributed by atoms with Crippen molar-refractivity contribution < 1.29 is 47.8 Å². The predicted octanol–water partition coefficient (Wildman–Crippen LogP) is 5.43. The average Bonchev–Trinajstić information content (AvgIpc) is 3.93. The van der Waals surface area contributed by atoms with E-state index in [0.717, 1.165) is 4.90 Å². The first-order valence-corrected chi connectivity index (χ1v) is 26.1. The number of carbonyl (C=O) groups is 7. The van der Waals surface area contributed by atoms with Crippen molar-refractivity contribution in [2.75, 3.05) is 19.6 Å². The van der Waals surface area contributed by atoms with Crippen LogP contribution in [0.5, 0.6) is 0 Å². The van der Waals surface area contributed by atoms with Crippen LogP contribution in [0.3, 0.4) is 0 Å². The van der Waals surface area contributed by atoms with Crippen LogP contribution in [0.1, 0.15) is 57.6 Å². The number of alkyl carbamates (subject to hydrolysis) is 1. The molecule has 1 aliphatic rings. The van der Waals surface area contributed by atoms with Crippen molar-refractivity contribution in [2.45, 2.75) is 83.4 Å². The molecule has 1 heterocycles. The molecule has 3 atom stereocenters.